The topological polar surface area (TPSA) is 105 Å². The second-order valence-corrected chi connectivity index (χ2v) is 12.1. The van der Waals surface area contributed by atoms with Crippen molar-refractivity contribution in [3.05, 3.63) is 69.7 Å². The number of benzene rings is 2. The summed E-state index contributed by atoms with van der Waals surface area (Å²) in [5, 5.41) is 8.53. The molecule has 2 aromatic rings. The third-order valence-electron chi connectivity index (χ3n) is 8.76. The molecule has 0 aromatic heterocycles. The number of primary amides is 1. The highest BCUT2D eigenvalue weighted by molar-refractivity contribution is 6.30. The fraction of sp³-hybridized carbons (Fsp3) is 0.500. The van der Waals surface area contributed by atoms with Gasteiger partial charge in [0.2, 0.25) is 17.7 Å². The van der Waals surface area contributed by atoms with Crippen molar-refractivity contribution < 1.29 is 14.4 Å². The van der Waals surface area contributed by atoms with Crippen molar-refractivity contribution >= 4 is 40.9 Å². The molecule has 3 fully saturated rings. The van der Waals surface area contributed by atoms with Gasteiger partial charge in [-0.1, -0.05) is 47.5 Å². The molecule has 0 bridgehead atoms. The van der Waals surface area contributed by atoms with Crippen LogP contribution in [0.25, 0.3) is 0 Å². The molecule has 2 aliphatic heterocycles. The van der Waals surface area contributed by atoms with Gasteiger partial charge in [0, 0.05) is 53.6 Å². The smallest absolute Gasteiger partial charge is 0.231 e. The lowest BCUT2D eigenvalue weighted by Gasteiger charge is -2.47. The predicted molar refractivity (Wildman–Crippen MR) is 152 cm³/mol. The first-order chi connectivity index (χ1) is 18.8. The highest BCUT2D eigenvalue weighted by Gasteiger charge is 2.43. The number of nitrogens with zero attached hydrogens (tertiary/aromatic N) is 1. The number of carbonyl (C=O) groups is 3. The molecule has 9 heteroatoms. The molecule has 2 aromatic carbocycles. The number of fused-ring (bicyclic) bond motifs is 1. The van der Waals surface area contributed by atoms with E-state index in [4.69, 9.17) is 28.9 Å². The molecule has 1 aliphatic carbocycles. The van der Waals surface area contributed by atoms with E-state index >= 15 is 0 Å². The van der Waals surface area contributed by atoms with Gasteiger partial charge in [-0.25, -0.2) is 0 Å². The first kappa shape index (κ1) is 27.9. The largest absolute Gasteiger partial charge is 0.369 e. The number of amides is 3. The molecule has 5 rings (SSSR count). The third kappa shape index (κ3) is 6.76. The van der Waals surface area contributed by atoms with Crippen molar-refractivity contribution in [3.63, 3.8) is 0 Å². The van der Waals surface area contributed by atoms with Crippen molar-refractivity contribution in [1.82, 2.24) is 15.5 Å². The van der Waals surface area contributed by atoms with Crippen molar-refractivity contribution in [2.75, 3.05) is 13.1 Å². The molecular formula is C30H36Cl2N4O3. The quantitative estimate of drug-likeness (QED) is 0.432. The van der Waals surface area contributed by atoms with Gasteiger partial charge in [-0.05, 0) is 79.3 Å². The Hall–Kier alpha value is -2.61. The predicted octanol–water partition coefficient (Wildman–Crippen LogP) is 4.25. The minimum Gasteiger partial charge on any atom is -0.369 e. The Bertz CT molecular complexity index is 1140. The van der Waals surface area contributed by atoms with E-state index < -0.39 is 5.91 Å². The van der Waals surface area contributed by atoms with Crippen LogP contribution < -0.4 is 16.4 Å². The summed E-state index contributed by atoms with van der Waals surface area (Å²) in [7, 11) is 0. The fourth-order valence-electron chi connectivity index (χ4n) is 6.90. The van der Waals surface area contributed by atoms with Crippen LogP contribution >= 0.6 is 23.2 Å². The number of hydrogen-bond donors (Lipinski definition) is 3. The number of nitrogens with one attached hydrogen (secondary N) is 2. The molecule has 0 radical (unpaired) electrons. The Morgan fingerprint density at radius 1 is 0.949 bits per heavy atom. The maximum absolute atomic E-state index is 12.7. The number of nitrogens with two attached hydrogens (primary N) is 1. The summed E-state index contributed by atoms with van der Waals surface area (Å²) in [6.07, 6.45) is 4.76. The molecule has 1 saturated carbocycles. The van der Waals surface area contributed by atoms with E-state index in [-0.39, 0.29) is 42.3 Å². The SMILES string of the molecule is NC(=O)CC(=O)N1CCC(NC2CC(=O)NC3CCC(C(c4ccc(Cl)cc4)c4ccc(Cl)cc4)CC32)CC1. The van der Waals surface area contributed by atoms with Gasteiger partial charge in [0.1, 0.15) is 6.42 Å². The molecule has 3 aliphatic rings. The van der Waals surface area contributed by atoms with E-state index in [1.54, 1.807) is 4.90 Å². The summed E-state index contributed by atoms with van der Waals surface area (Å²) in [6.45, 7) is 1.18. The number of piperidine rings is 2. The van der Waals surface area contributed by atoms with Gasteiger partial charge in [-0.3, -0.25) is 14.4 Å². The monoisotopic (exact) mass is 570 g/mol. The average Bonchev–Trinajstić information content (AvgIpc) is 2.91. The number of hydrogen-bond acceptors (Lipinski definition) is 4. The molecule has 0 spiro atoms. The molecule has 39 heavy (non-hydrogen) atoms. The summed E-state index contributed by atoms with van der Waals surface area (Å²) < 4.78 is 0. The van der Waals surface area contributed by atoms with Gasteiger partial charge in [0.15, 0.2) is 0 Å². The van der Waals surface area contributed by atoms with Gasteiger partial charge in [0.05, 0.1) is 0 Å². The Balaban J connectivity index is 1.31. The zero-order valence-electron chi connectivity index (χ0n) is 22.0. The van der Waals surface area contributed by atoms with Gasteiger partial charge in [-0.15, -0.1) is 0 Å². The first-order valence-electron chi connectivity index (χ1n) is 13.9. The van der Waals surface area contributed by atoms with Crippen molar-refractivity contribution in [2.24, 2.45) is 17.6 Å². The van der Waals surface area contributed by atoms with Crippen LogP contribution in [-0.4, -0.2) is 53.8 Å². The van der Waals surface area contributed by atoms with E-state index in [0.717, 1.165) is 42.1 Å². The summed E-state index contributed by atoms with van der Waals surface area (Å²) in [5.74, 6) is 0.233. The standard InChI is InChI=1S/C30H36Cl2N4O3/c31-21-6-1-18(2-7-21)30(19-3-8-22(32)9-4-19)20-5-10-25-24(15-20)26(16-28(38)35-25)34-23-11-13-36(14-12-23)29(39)17-27(33)37/h1-4,6-9,20,23-26,30,34H,5,10-17H2,(H2,33,37)(H,35,38). The first-order valence-corrected chi connectivity index (χ1v) is 14.6. The zero-order chi connectivity index (χ0) is 27.5. The fourth-order valence-corrected chi connectivity index (χ4v) is 7.15. The average molecular weight is 572 g/mol. The second-order valence-electron chi connectivity index (χ2n) is 11.3. The van der Waals surface area contributed by atoms with Gasteiger partial charge < -0.3 is 21.3 Å². The molecule has 4 unspecified atom stereocenters. The lowest BCUT2D eigenvalue weighted by Crippen LogP contribution is -2.60. The molecule has 208 valence electrons. The van der Waals surface area contributed by atoms with E-state index in [2.05, 4.69) is 34.9 Å². The highest BCUT2D eigenvalue weighted by atomic mass is 35.5. The number of likely N-dealkylation sites (tertiary alicyclic amines) is 1. The third-order valence-corrected chi connectivity index (χ3v) is 9.27. The number of halogens is 2. The Morgan fingerprint density at radius 2 is 1.54 bits per heavy atom. The van der Waals surface area contributed by atoms with Gasteiger partial charge in [0.25, 0.3) is 0 Å². The Labute approximate surface area is 239 Å². The van der Waals surface area contributed by atoms with Crippen LogP contribution in [0.4, 0.5) is 0 Å². The van der Waals surface area contributed by atoms with Gasteiger partial charge >= 0.3 is 0 Å². The zero-order valence-corrected chi connectivity index (χ0v) is 23.5. The summed E-state index contributed by atoms with van der Waals surface area (Å²) >= 11 is 12.5. The number of carbonyl (C=O) groups excluding carboxylic acids is 3. The van der Waals surface area contributed by atoms with Crippen LogP contribution in [0.3, 0.4) is 0 Å². The van der Waals surface area contributed by atoms with E-state index in [9.17, 15) is 14.4 Å². The van der Waals surface area contributed by atoms with E-state index in [0.29, 0.717) is 31.3 Å². The summed E-state index contributed by atoms with van der Waals surface area (Å²) in [5.41, 5.74) is 7.67. The molecule has 4 N–H and O–H groups in total. The van der Waals surface area contributed by atoms with Crippen LogP contribution in [0.1, 0.15) is 62.0 Å². The summed E-state index contributed by atoms with van der Waals surface area (Å²) in [6, 6.07) is 16.8. The molecule has 2 heterocycles. The van der Waals surface area contributed by atoms with Crippen LogP contribution in [0, 0.1) is 11.8 Å². The van der Waals surface area contributed by atoms with Crippen LogP contribution in [0.5, 0.6) is 0 Å². The maximum atomic E-state index is 12.7. The minimum atomic E-state index is -0.595. The number of rotatable bonds is 7. The van der Waals surface area contributed by atoms with E-state index in [1.165, 1.54) is 11.1 Å². The van der Waals surface area contributed by atoms with Crippen molar-refractivity contribution in [1.29, 1.82) is 0 Å². The van der Waals surface area contributed by atoms with Crippen LogP contribution in [0.15, 0.2) is 48.5 Å². The maximum Gasteiger partial charge on any atom is 0.231 e. The minimum absolute atomic E-state index is 0.0838. The molecule has 4 atom stereocenters. The van der Waals surface area contributed by atoms with Crippen LogP contribution in [-0.2, 0) is 14.4 Å². The van der Waals surface area contributed by atoms with E-state index in [1.807, 2.05) is 24.3 Å². The molecular weight excluding hydrogens is 535 g/mol. The van der Waals surface area contributed by atoms with Gasteiger partial charge in [-0.2, -0.15) is 0 Å². The molecule has 2 saturated heterocycles. The van der Waals surface area contributed by atoms with Crippen molar-refractivity contribution in [3.8, 4) is 0 Å². The highest BCUT2D eigenvalue weighted by Crippen LogP contribution is 2.45. The normalized spacial score (nSPS) is 25.7. The van der Waals surface area contributed by atoms with Crippen LogP contribution in [0.2, 0.25) is 10.0 Å². The molecule has 7 nitrogen and oxygen atoms in total. The molecule has 3 amide bonds. The lowest BCUT2D eigenvalue weighted by atomic mass is 9.65. The Kier molecular flexibility index (Phi) is 8.79. The summed E-state index contributed by atoms with van der Waals surface area (Å²) in [4.78, 5) is 37.8. The lowest BCUT2D eigenvalue weighted by molar-refractivity contribution is -0.136. The second kappa shape index (κ2) is 12.3. The Morgan fingerprint density at radius 3 is 2.10 bits per heavy atom. The van der Waals surface area contributed by atoms with Crippen molar-refractivity contribution in [2.45, 2.75) is 69.0 Å².